The third-order valence-electron chi connectivity index (χ3n) is 3.42. The van der Waals surface area contributed by atoms with Crippen LogP contribution < -0.4 is 10.1 Å². The summed E-state index contributed by atoms with van der Waals surface area (Å²) in [6.45, 7) is 0.840. The van der Waals surface area contributed by atoms with Crippen molar-refractivity contribution in [1.82, 2.24) is 5.32 Å². The number of aliphatic hydroxyl groups is 1. The molecule has 1 aromatic carbocycles. The Morgan fingerprint density at radius 1 is 1.32 bits per heavy atom. The third-order valence-corrected chi connectivity index (χ3v) is 3.42. The highest BCUT2D eigenvalue weighted by Gasteiger charge is 2.15. The largest absolute Gasteiger partial charge is 0.491 e. The van der Waals surface area contributed by atoms with Crippen LogP contribution in [-0.2, 0) is 0 Å². The Bertz CT molecular complexity index is 419. The van der Waals surface area contributed by atoms with E-state index >= 15 is 0 Å². The number of rotatable bonds is 6. The van der Waals surface area contributed by atoms with Gasteiger partial charge in [0.15, 0.2) is 0 Å². The predicted octanol–water partition coefficient (Wildman–Crippen LogP) is 1.83. The molecule has 1 aliphatic rings. The summed E-state index contributed by atoms with van der Waals surface area (Å²) in [4.78, 5) is 0. The van der Waals surface area contributed by atoms with Crippen LogP contribution in [0.1, 0.15) is 31.2 Å². The molecule has 1 fully saturated rings. The van der Waals surface area contributed by atoms with Gasteiger partial charge in [0.05, 0.1) is 11.6 Å². The molecule has 1 aromatic rings. The molecule has 102 valence electrons. The van der Waals surface area contributed by atoms with E-state index in [9.17, 15) is 5.11 Å². The average Bonchev–Trinajstić information content (AvgIpc) is 2.96. The summed E-state index contributed by atoms with van der Waals surface area (Å²) in [6, 6.07) is 9.52. The lowest BCUT2D eigenvalue weighted by atomic mass is 10.2. The number of benzene rings is 1. The first-order chi connectivity index (χ1) is 9.28. The molecular formula is C15H20N2O2. The molecular weight excluding hydrogens is 240 g/mol. The van der Waals surface area contributed by atoms with E-state index in [1.165, 1.54) is 25.7 Å². The second-order valence-corrected chi connectivity index (χ2v) is 4.99. The first-order valence-corrected chi connectivity index (χ1v) is 6.82. The molecule has 19 heavy (non-hydrogen) atoms. The number of ether oxygens (including phenoxy) is 1. The third kappa shape index (κ3) is 4.55. The molecule has 0 unspecified atom stereocenters. The molecule has 0 aliphatic heterocycles. The quantitative estimate of drug-likeness (QED) is 0.819. The summed E-state index contributed by atoms with van der Waals surface area (Å²) in [5, 5.41) is 21.9. The highest BCUT2D eigenvalue weighted by Crippen LogP contribution is 2.17. The SMILES string of the molecule is N#Cc1ccc(OC[C@@H](O)CNC2CCCC2)cc1. The molecule has 4 heteroatoms. The van der Waals surface area contributed by atoms with Crippen molar-refractivity contribution in [1.29, 1.82) is 5.26 Å². The van der Waals surface area contributed by atoms with Gasteiger partial charge in [-0.15, -0.1) is 0 Å². The van der Waals surface area contributed by atoms with Crippen LogP contribution in [0.5, 0.6) is 5.75 Å². The number of nitrogens with zero attached hydrogens (tertiary/aromatic N) is 1. The van der Waals surface area contributed by atoms with Gasteiger partial charge in [0.2, 0.25) is 0 Å². The van der Waals surface area contributed by atoms with E-state index in [4.69, 9.17) is 10.00 Å². The van der Waals surface area contributed by atoms with Crippen molar-refractivity contribution in [3.05, 3.63) is 29.8 Å². The minimum Gasteiger partial charge on any atom is -0.491 e. The molecule has 4 nitrogen and oxygen atoms in total. The standard InChI is InChI=1S/C15H20N2O2/c16-9-12-5-7-15(8-6-12)19-11-14(18)10-17-13-3-1-2-4-13/h5-8,13-14,17-18H,1-4,10-11H2/t14-/m0/s1. The molecule has 0 heterocycles. The lowest BCUT2D eigenvalue weighted by molar-refractivity contribution is 0.104. The highest BCUT2D eigenvalue weighted by molar-refractivity contribution is 5.34. The molecule has 2 N–H and O–H groups in total. The monoisotopic (exact) mass is 260 g/mol. The van der Waals surface area contributed by atoms with Crippen molar-refractivity contribution in [2.75, 3.05) is 13.2 Å². The summed E-state index contributed by atoms with van der Waals surface area (Å²) in [7, 11) is 0. The van der Waals surface area contributed by atoms with E-state index in [0.29, 0.717) is 23.9 Å². The zero-order valence-electron chi connectivity index (χ0n) is 11.0. The van der Waals surface area contributed by atoms with Gasteiger partial charge in [-0.25, -0.2) is 0 Å². The van der Waals surface area contributed by atoms with Gasteiger partial charge in [-0.05, 0) is 37.1 Å². The van der Waals surface area contributed by atoms with Gasteiger partial charge in [0.25, 0.3) is 0 Å². The number of nitrogens with one attached hydrogen (secondary N) is 1. The summed E-state index contributed by atoms with van der Waals surface area (Å²) >= 11 is 0. The topological polar surface area (TPSA) is 65.3 Å². The Morgan fingerprint density at radius 3 is 2.63 bits per heavy atom. The van der Waals surface area contributed by atoms with Crippen LogP contribution >= 0.6 is 0 Å². The lowest BCUT2D eigenvalue weighted by Gasteiger charge is -2.16. The Hall–Kier alpha value is -1.57. The van der Waals surface area contributed by atoms with Crippen molar-refractivity contribution < 1.29 is 9.84 Å². The summed E-state index contributed by atoms with van der Waals surface area (Å²) in [5.41, 5.74) is 0.607. The number of hydrogen-bond donors (Lipinski definition) is 2. The van der Waals surface area contributed by atoms with Crippen molar-refractivity contribution >= 4 is 0 Å². The number of nitriles is 1. The molecule has 0 amide bonds. The van der Waals surface area contributed by atoms with Crippen LogP contribution in [0, 0.1) is 11.3 Å². The number of hydrogen-bond acceptors (Lipinski definition) is 4. The van der Waals surface area contributed by atoms with Crippen molar-refractivity contribution in [2.24, 2.45) is 0 Å². The molecule has 0 bridgehead atoms. The fraction of sp³-hybridized carbons (Fsp3) is 0.533. The maximum absolute atomic E-state index is 9.83. The van der Waals surface area contributed by atoms with Gasteiger partial charge in [-0.3, -0.25) is 0 Å². The summed E-state index contributed by atoms with van der Waals surface area (Å²) < 4.78 is 5.48. The Morgan fingerprint density at radius 2 is 2.00 bits per heavy atom. The van der Waals surface area contributed by atoms with Crippen molar-refractivity contribution in [3.8, 4) is 11.8 Å². The van der Waals surface area contributed by atoms with Gasteiger partial charge >= 0.3 is 0 Å². The zero-order chi connectivity index (χ0) is 13.5. The normalized spacial score (nSPS) is 17.1. The summed E-state index contributed by atoms with van der Waals surface area (Å²) in [6.07, 6.45) is 4.49. The summed E-state index contributed by atoms with van der Waals surface area (Å²) in [5.74, 6) is 0.680. The minimum atomic E-state index is -0.503. The molecule has 0 radical (unpaired) electrons. The number of aliphatic hydroxyl groups excluding tert-OH is 1. The van der Waals surface area contributed by atoms with Gasteiger partial charge in [0, 0.05) is 12.6 Å². The maximum atomic E-state index is 9.83. The average molecular weight is 260 g/mol. The van der Waals surface area contributed by atoms with Gasteiger partial charge < -0.3 is 15.2 Å². The second-order valence-electron chi connectivity index (χ2n) is 4.99. The smallest absolute Gasteiger partial charge is 0.119 e. The zero-order valence-corrected chi connectivity index (χ0v) is 11.0. The molecule has 1 saturated carbocycles. The van der Waals surface area contributed by atoms with E-state index in [2.05, 4.69) is 11.4 Å². The van der Waals surface area contributed by atoms with Crippen LogP contribution in [-0.4, -0.2) is 30.4 Å². The van der Waals surface area contributed by atoms with E-state index in [1.54, 1.807) is 24.3 Å². The van der Waals surface area contributed by atoms with E-state index in [-0.39, 0.29) is 6.61 Å². The van der Waals surface area contributed by atoms with E-state index in [1.807, 2.05) is 0 Å². The maximum Gasteiger partial charge on any atom is 0.119 e. The molecule has 1 atom stereocenters. The van der Waals surface area contributed by atoms with Gasteiger partial charge in [-0.2, -0.15) is 5.26 Å². The van der Waals surface area contributed by atoms with Crippen LogP contribution in [0.3, 0.4) is 0 Å². The van der Waals surface area contributed by atoms with E-state index in [0.717, 1.165) is 0 Å². The fourth-order valence-electron chi connectivity index (χ4n) is 2.31. The second kappa shape index (κ2) is 7.13. The molecule has 0 spiro atoms. The van der Waals surface area contributed by atoms with Crippen molar-refractivity contribution in [3.63, 3.8) is 0 Å². The van der Waals surface area contributed by atoms with Crippen LogP contribution in [0.15, 0.2) is 24.3 Å². The fourth-order valence-corrected chi connectivity index (χ4v) is 2.31. The molecule has 0 aromatic heterocycles. The van der Waals surface area contributed by atoms with E-state index < -0.39 is 6.10 Å². The first-order valence-electron chi connectivity index (χ1n) is 6.82. The van der Waals surface area contributed by atoms with Crippen LogP contribution in [0.4, 0.5) is 0 Å². The molecule has 2 rings (SSSR count). The van der Waals surface area contributed by atoms with Crippen LogP contribution in [0.25, 0.3) is 0 Å². The first kappa shape index (κ1) is 13.9. The van der Waals surface area contributed by atoms with Gasteiger partial charge in [-0.1, -0.05) is 12.8 Å². The molecule has 1 aliphatic carbocycles. The highest BCUT2D eigenvalue weighted by atomic mass is 16.5. The lowest BCUT2D eigenvalue weighted by Crippen LogP contribution is -2.36. The molecule has 0 saturated heterocycles. The van der Waals surface area contributed by atoms with Crippen LogP contribution in [0.2, 0.25) is 0 Å². The van der Waals surface area contributed by atoms with Gasteiger partial charge in [0.1, 0.15) is 18.5 Å². The predicted molar refractivity (Wildman–Crippen MR) is 72.9 cm³/mol. The minimum absolute atomic E-state index is 0.269. The Balaban J connectivity index is 1.67. The Kier molecular flexibility index (Phi) is 5.20. The Labute approximate surface area is 114 Å². The van der Waals surface area contributed by atoms with Crippen molar-refractivity contribution in [2.45, 2.75) is 37.8 Å².